The first-order chi connectivity index (χ1) is 12.0. The first-order valence-corrected chi connectivity index (χ1v) is 8.55. The lowest BCUT2D eigenvalue weighted by atomic mass is 10.1. The molecule has 0 bridgehead atoms. The van der Waals surface area contributed by atoms with Gasteiger partial charge in [0.25, 0.3) is 0 Å². The normalized spacial score (nSPS) is 10.9. The molecule has 0 fully saturated rings. The largest absolute Gasteiger partial charge is 0.497 e. The summed E-state index contributed by atoms with van der Waals surface area (Å²) in [5, 5.41) is 2.12. The van der Waals surface area contributed by atoms with Gasteiger partial charge >= 0.3 is 0 Å². The number of methoxy groups -OCH3 is 1. The standard InChI is InChI=1S/C19H18Cl2N2O2/c1-23(11-12-5-14(20)8-15(21)6-12)19(24)7-13-10-22-18-4-3-16(25-2)9-17(13)18/h3-6,8-10,22H,7,11H2,1-2H3. The molecule has 1 heterocycles. The van der Waals surface area contributed by atoms with Crippen LogP contribution in [-0.2, 0) is 17.8 Å². The first kappa shape index (κ1) is 17.6. The average molecular weight is 377 g/mol. The molecule has 0 radical (unpaired) electrons. The van der Waals surface area contributed by atoms with Gasteiger partial charge in [0.15, 0.2) is 0 Å². The Balaban J connectivity index is 1.75. The van der Waals surface area contributed by atoms with Gasteiger partial charge in [-0.25, -0.2) is 0 Å². The minimum Gasteiger partial charge on any atom is -0.497 e. The summed E-state index contributed by atoms with van der Waals surface area (Å²) in [6.07, 6.45) is 2.17. The number of carbonyl (C=O) groups excluding carboxylic acids is 1. The Hall–Kier alpha value is -2.17. The molecule has 0 spiro atoms. The molecule has 0 unspecified atom stereocenters. The molecule has 130 valence electrons. The van der Waals surface area contributed by atoms with Crippen LogP contribution in [0.4, 0.5) is 0 Å². The van der Waals surface area contributed by atoms with Crippen LogP contribution >= 0.6 is 23.2 Å². The Kier molecular flexibility index (Phi) is 5.21. The van der Waals surface area contributed by atoms with E-state index in [9.17, 15) is 4.79 Å². The van der Waals surface area contributed by atoms with E-state index in [1.165, 1.54) is 0 Å². The second kappa shape index (κ2) is 7.38. The number of carbonyl (C=O) groups is 1. The van der Waals surface area contributed by atoms with Gasteiger partial charge < -0.3 is 14.6 Å². The zero-order valence-corrected chi connectivity index (χ0v) is 15.5. The summed E-state index contributed by atoms with van der Waals surface area (Å²) in [6, 6.07) is 11.1. The smallest absolute Gasteiger partial charge is 0.227 e. The van der Waals surface area contributed by atoms with Gasteiger partial charge in [0.05, 0.1) is 13.5 Å². The number of halogens is 2. The molecule has 3 aromatic rings. The third kappa shape index (κ3) is 4.09. The van der Waals surface area contributed by atoms with Crippen molar-refractivity contribution in [1.29, 1.82) is 0 Å². The van der Waals surface area contributed by atoms with Crippen molar-refractivity contribution in [3.05, 3.63) is 63.8 Å². The van der Waals surface area contributed by atoms with Gasteiger partial charge in [-0.05, 0) is 47.5 Å². The second-order valence-electron chi connectivity index (χ2n) is 5.93. The van der Waals surface area contributed by atoms with Crippen molar-refractivity contribution in [2.24, 2.45) is 0 Å². The molecular weight excluding hydrogens is 359 g/mol. The van der Waals surface area contributed by atoms with E-state index in [1.807, 2.05) is 36.5 Å². The fourth-order valence-electron chi connectivity index (χ4n) is 2.79. The number of nitrogens with zero attached hydrogens (tertiary/aromatic N) is 1. The van der Waals surface area contributed by atoms with Crippen molar-refractivity contribution in [3.63, 3.8) is 0 Å². The van der Waals surface area contributed by atoms with Crippen molar-refractivity contribution in [2.45, 2.75) is 13.0 Å². The summed E-state index contributed by atoms with van der Waals surface area (Å²) in [5.74, 6) is 0.780. The number of H-pyrrole nitrogens is 1. The molecule has 0 saturated heterocycles. The fourth-order valence-corrected chi connectivity index (χ4v) is 3.36. The van der Waals surface area contributed by atoms with Gasteiger partial charge in [-0.15, -0.1) is 0 Å². The van der Waals surface area contributed by atoms with E-state index in [2.05, 4.69) is 4.98 Å². The number of likely N-dealkylation sites (N-methyl/N-ethyl adjacent to an activating group) is 1. The highest BCUT2D eigenvalue weighted by molar-refractivity contribution is 6.34. The molecule has 2 aromatic carbocycles. The van der Waals surface area contributed by atoms with E-state index < -0.39 is 0 Å². The lowest BCUT2D eigenvalue weighted by Crippen LogP contribution is -2.27. The molecule has 0 saturated carbocycles. The predicted molar refractivity (Wildman–Crippen MR) is 101 cm³/mol. The number of amides is 1. The van der Waals surface area contributed by atoms with Crippen LogP contribution in [0.2, 0.25) is 10.0 Å². The lowest BCUT2D eigenvalue weighted by Gasteiger charge is -2.17. The van der Waals surface area contributed by atoms with Crippen LogP contribution in [0.3, 0.4) is 0 Å². The maximum atomic E-state index is 12.6. The number of aromatic nitrogens is 1. The van der Waals surface area contributed by atoms with Crippen LogP contribution in [0.5, 0.6) is 5.75 Å². The second-order valence-corrected chi connectivity index (χ2v) is 6.80. The quantitative estimate of drug-likeness (QED) is 0.702. The summed E-state index contributed by atoms with van der Waals surface area (Å²) >= 11 is 12.0. The summed E-state index contributed by atoms with van der Waals surface area (Å²) in [5.41, 5.74) is 2.82. The maximum Gasteiger partial charge on any atom is 0.227 e. The van der Waals surface area contributed by atoms with E-state index in [4.69, 9.17) is 27.9 Å². The monoisotopic (exact) mass is 376 g/mol. The molecule has 3 rings (SSSR count). The maximum absolute atomic E-state index is 12.6. The molecule has 4 nitrogen and oxygen atoms in total. The SMILES string of the molecule is COc1ccc2[nH]cc(CC(=O)N(C)Cc3cc(Cl)cc(Cl)c3)c2c1. The van der Waals surface area contributed by atoms with E-state index >= 15 is 0 Å². The van der Waals surface area contributed by atoms with Crippen LogP contribution < -0.4 is 4.74 Å². The Labute approximate surface area is 156 Å². The Morgan fingerprint density at radius 2 is 1.88 bits per heavy atom. The van der Waals surface area contributed by atoms with E-state index in [-0.39, 0.29) is 5.91 Å². The zero-order chi connectivity index (χ0) is 18.0. The zero-order valence-electron chi connectivity index (χ0n) is 14.0. The van der Waals surface area contributed by atoms with Crippen LogP contribution in [0.25, 0.3) is 10.9 Å². The van der Waals surface area contributed by atoms with Crippen LogP contribution in [0.15, 0.2) is 42.6 Å². The highest BCUT2D eigenvalue weighted by Gasteiger charge is 2.14. The summed E-state index contributed by atoms with van der Waals surface area (Å²) in [7, 11) is 3.40. The van der Waals surface area contributed by atoms with Gasteiger partial charge in [0.2, 0.25) is 5.91 Å². The fraction of sp³-hybridized carbons (Fsp3) is 0.211. The van der Waals surface area contributed by atoms with Crippen LogP contribution in [0, 0.1) is 0 Å². The summed E-state index contributed by atoms with van der Waals surface area (Å²) in [6.45, 7) is 0.449. The first-order valence-electron chi connectivity index (χ1n) is 7.79. The van der Waals surface area contributed by atoms with Gasteiger partial charge in [-0.1, -0.05) is 23.2 Å². The molecule has 0 aliphatic heterocycles. The topological polar surface area (TPSA) is 45.3 Å². The average Bonchev–Trinajstić information content (AvgIpc) is 2.95. The number of benzene rings is 2. The van der Waals surface area contributed by atoms with E-state index in [0.29, 0.717) is 23.0 Å². The molecule has 25 heavy (non-hydrogen) atoms. The summed E-state index contributed by atoms with van der Waals surface area (Å²) < 4.78 is 5.27. The molecule has 0 atom stereocenters. The van der Waals surface area contributed by atoms with Crippen LogP contribution in [0.1, 0.15) is 11.1 Å². The van der Waals surface area contributed by atoms with Crippen molar-refractivity contribution >= 4 is 40.0 Å². The third-order valence-corrected chi connectivity index (χ3v) is 4.52. The highest BCUT2D eigenvalue weighted by Crippen LogP contribution is 2.25. The predicted octanol–water partition coefficient (Wildman–Crippen LogP) is 4.68. The molecule has 6 heteroatoms. The molecule has 1 N–H and O–H groups in total. The number of fused-ring (bicyclic) bond motifs is 1. The number of ether oxygens (including phenoxy) is 1. The van der Waals surface area contributed by atoms with E-state index in [0.717, 1.165) is 27.8 Å². The Bertz CT molecular complexity index is 901. The number of hydrogen-bond acceptors (Lipinski definition) is 2. The molecule has 0 aliphatic rings. The molecule has 1 aromatic heterocycles. The number of rotatable bonds is 5. The van der Waals surface area contributed by atoms with E-state index in [1.54, 1.807) is 25.1 Å². The number of nitrogens with one attached hydrogen (secondary N) is 1. The Morgan fingerprint density at radius 1 is 1.16 bits per heavy atom. The van der Waals surface area contributed by atoms with Crippen molar-refractivity contribution in [1.82, 2.24) is 9.88 Å². The van der Waals surface area contributed by atoms with Crippen molar-refractivity contribution in [3.8, 4) is 5.75 Å². The van der Waals surface area contributed by atoms with Gasteiger partial charge in [-0.2, -0.15) is 0 Å². The van der Waals surface area contributed by atoms with Gasteiger partial charge in [-0.3, -0.25) is 4.79 Å². The Morgan fingerprint density at radius 3 is 2.56 bits per heavy atom. The van der Waals surface area contributed by atoms with Crippen molar-refractivity contribution in [2.75, 3.05) is 14.2 Å². The summed E-state index contributed by atoms with van der Waals surface area (Å²) in [4.78, 5) is 17.5. The number of aromatic amines is 1. The number of hydrogen-bond donors (Lipinski definition) is 1. The molecule has 1 amide bonds. The minimum atomic E-state index is 0.0137. The minimum absolute atomic E-state index is 0.0137. The molecular formula is C19H18Cl2N2O2. The lowest BCUT2D eigenvalue weighted by molar-refractivity contribution is -0.129. The van der Waals surface area contributed by atoms with Gasteiger partial charge in [0.1, 0.15) is 5.75 Å². The van der Waals surface area contributed by atoms with Crippen molar-refractivity contribution < 1.29 is 9.53 Å². The highest BCUT2D eigenvalue weighted by atomic mass is 35.5. The third-order valence-electron chi connectivity index (χ3n) is 4.08. The van der Waals surface area contributed by atoms with Gasteiger partial charge in [0, 0.05) is 40.7 Å². The molecule has 0 aliphatic carbocycles. The van der Waals surface area contributed by atoms with Crippen LogP contribution in [-0.4, -0.2) is 29.9 Å².